The molecule has 1 N–H and O–H groups in total. The number of aliphatic carboxylic acids is 1. The Balaban J connectivity index is 0.000000980. The maximum atomic E-state index is 11.0. The second-order valence-corrected chi connectivity index (χ2v) is 4.65. The molecule has 0 radical (unpaired) electrons. The Morgan fingerprint density at radius 2 is 2.14 bits per heavy atom. The van der Waals surface area contributed by atoms with Gasteiger partial charge in [-0.1, -0.05) is 6.92 Å². The first-order valence-corrected chi connectivity index (χ1v) is 5.05. The molecule has 0 bridgehead atoms. The number of nitrogens with zero attached hydrogens (tertiary/aromatic N) is 1. The fraction of sp³-hybridized carbons (Fsp3) is 0.900. The van der Waals surface area contributed by atoms with Crippen molar-refractivity contribution in [2.75, 3.05) is 6.54 Å². The van der Waals surface area contributed by atoms with Crippen molar-refractivity contribution < 1.29 is 9.90 Å². The molecule has 4 heteroatoms. The van der Waals surface area contributed by atoms with Gasteiger partial charge < -0.3 is 5.11 Å². The zero-order valence-electron chi connectivity index (χ0n) is 8.29. The SMILES string of the molecule is CC1CC1(C)N1CCCC1C(=O)O.[LiH]. The molecule has 3 unspecified atom stereocenters. The molecular formula is C10H18LiNO2. The van der Waals surface area contributed by atoms with Gasteiger partial charge in [-0.15, -0.1) is 0 Å². The van der Waals surface area contributed by atoms with Crippen LogP contribution in [-0.2, 0) is 4.79 Å². The van der Waals surface area contributed by atoms with Gasteiger partial charge in [0.2, 0.25) is 0 Å². The third-order valence-corrected chi connectivity index (χ3v) is 3.81. The van der Waals surface area contributed by atoms with Gasteiger partial charge in [0, 0.05) is 5.54 Å². The summed E-state index contributed by atoms with van der Waals surface area (Å²) in [5, 5.41) is 9.02. The second kappa shape index (κ2) is 3.88. The molecule has 0 aromatic heterocycles. The van der Waals surface area contributed by atoms with E-state index in [1.807, 2.05) is 0 Å². The molecule has 1 saturated heterocycles. The predicted octanol–water partition coefficient (Wildman–Crippen LogP) is 0.685. The predicted molar refractivity (Wildman–Crippen MR) is 56.7 cm³/mol. The molecule has 0 spiro atoms. The first-order chi connectivity index (χ1) is 6.05. The molecule has 2 rings (SSSR count). The summed E-state index contributed by atoms with van der Waals surface area (Å²) in [5.41, 5.74) is 0.194. The van der Waals surface area contributed by atoms with Crippen LogP contribution in [0.25, 0.3) is 0 Å². The Morgan fingerprint density at radius 3 is 2.57 bits per heavy atom. The van der Waals surface area contributed by atoms with Crippen molar-refractivity contribution in [1.29, 1.82) is 0 Å². The van der Waals surface area contributed by atoms with Crippen molar-refractivity contribution in [2.45, 2.75) is 44.7 Å². The maximum absolute atomic E-state index is 11.0. The summed E-state index contributed by atoms with van der Waals surface area (Å²) >= 11 is 0. The van der Waals surface area contributed by atoms with Gasteiger partial charge in [-0.2, -0.15) is 0 Å². The summed E-state index contributed by atoms with van der Waals surface area (Å²) in [4.78, 5) is 13.1. The second-order valence-electron chi connectivity index (χ2n) is 4.65. The molecule has 1 aliphatic carbocycles. The number of carbonyl (C=O) groups is 1. The van der Waals surface area contributed by atoms with E-state index in [1.54, 1.807) is 0 Å². The summed E-state index contributed by atoms with van der Waals surface area (Å²) in [7, 11) is 0. The molecule has 3 nitrogen and oxygen atoms in total. The van der Waals surface area contributed by atoms with Crippen LogP contribution in [0.1, 0.15) is 33.1 Å². The van der Waals surface area contributed by atoms with Crippen molar-refractivity contribution in [3.63, 3.8) is 0 Å². The van der Waals surface area contributed by atoms with E-state index in [0.717, 1.165) is 25.8 Å². The van der Waals surface area contributed by atoms with Gasteiger partial charge in [0.1, 0.15) is 6.04 Å². The van der Waals surface area contributed by atoms with Crippen LogP contribution in [0.4, 0.5) is 0 Å². The number of carboxylic acid groups (broad SMARTS) is 1. The van der Waals surface area contributed by atoms with Gasteiger partial charge in [0.15, 0.2) is 0 Å². The molecule has 0 amide bonds. The zero-order valence-corrected chi connectivity index (χ0v) is 8.29. The van der Waals surface area contributed by atoms with Gasteiger partial charge in [-0.05, 0) is 38.6 Å². The van der Waals surface area contributed by atoms with Crippen molar-refractivity contribution >= 4 is 24.8 Å². The number of likely N-dealkylation sites (tertiary alicyclic amines) is 1. The van der Waals surface area contributed by atoms with E-state index in [-0.39, 0.29) is 30.4 Å². The van der Waals surface area contributed by atoms with E-state index in [0.29, 0.717) is 5.92 Å². The van der Waals surface area contributed by atoms with E-state index < -0.39 is 5.97 Å². The van der Waals surface area contributed by atoms with Crippen LogP contribution < -0.4 is 0 Å². The van der Waals surface area contributed by atoms with Crippen LogP contribution in [-0.4, -0.2) is 53.0 Å². The van der Waals surface area contributed by atoms with Crippen LogP contribution in [0.3, 0.4) is 0 Å². The van der Waals surface area contributed by atoms with Crippen LogP contribution in [0.5, 0.6) is 0 Å². The molecule has 0 aromatic carbocycles. The van der Waals surface area contributed by atoms with Gasteiger partial charge >= 0.3 is 24.8 Å². The van der Waals surface area contributed by atoms with Crippen molar-refractivity contribution in [3.8, 4) is 0 Å². The normalized spacial score (nSPS) is 41.9. The average molecular weight is 191 g/mol. The monoisotopic (exact) mass is 191 g/mol. The van der Waals surface area contributed by atoms with Crippen LogP contribution in [0.2, 0.25) is 0 Å². The third kappa shape index (κ3) is 1.74. The van der Waals surface area contributed by atoms with Gasteiger partial charge in [0.25, 0.3) is 0 Å². The van der Waals surface area contributed by atoms with Gasteiger partial charge in [0.05, 0.1) is 0 Å². The summed E-state index contributed by atoms with van der Waals surface area (Å²) in [6.45, 7) is 5.37. The molecule has 76 valence electrons. The number of rotatable bonds is 2. The first-order valence-electron chi connectivity index (χ1n) is 5.05. The number of hydrogen-bond acceptors (Lipinski definition) is 2. The van der Waals surface area contributed by atoms with E-state index in [4.69, 9.17) is 5.11 Å². The van der Waals surface area contributed by atoms with Gasteiger partial charge in [-0.25, -0.2) is 0 Å². The molecule has 1 saturated carbocycles. The van der Waals surface area contributed by atoms with Crippen LogP contribution in [0, 0.1) is 5.92 Å². The quantitative estimate of drug-likeness (QED) is 0.653. The Labute approximate surface area is 97.0 Å². The zero-order chi connectivity index (χ0) is 9.64. The minimum atomic E-state index is -0.641. The Morgan fingerprint density at radius 1 is 1.57 bits per heavy atom. The molecule has 2 fully saturated rings. The topological polar surface area (TPSA) is 40.5 Å². The van der Waals surface area contributed by atoms with Gasteiger partial charge in [-0.3, -0.25) is 9.69 Å². The molecule has 14 heavy (non-hydrogen) atoms. The number of carboxylic acids is 1. The Kier molecular flexibility index (Phi) is 3.36. The molecule has 1 heterocycles. The van der Waals surface area contributed by atoms with Crippen molar-refractivity contribution in [3.05, 3.63) is 0 Å². The summed E-state index contributed by atoms with van der Waals surface area (Å²) in [6.07, 6.45) is 3.04. The molecule has 0 aromatic rings. The van der Waals surface area contributed by atoms with Crippen LogP contribution in [0.15, 0.2) is 0 Å². The Hall–Kier alpha value is 0.0274. The number of hydrogen-bond donors (Lipinski definition) is 1. The fourth-order valence-corrected chi connectivity index (χ4v) is 2.60. The molecule has 1 aliphatic heterocycles. The van der Waals surface area contributed by atoms with Crippen molar-refractivity contribution in [2.24, 2.45) is 5.92 Å². The van der Waals surface area contributed by atoms with Crippen LogP contribution >= 0.6 is 0 Å². The summed E-state index contributed by atoms with van der Waals surface area (Å²) in [6, 6.07) is -0.213. The third-order valence-electron chi connectivity index (χ3n) is 3.81. The standard InChI is InChI=1S/C10H17NO2.Li.H/c1-7-6-10(7,2)11-5-3-4-8(11)9(12)13;;/h7-8H,3-6H2,1-2H3,(H,12,13);;. The minimum absolute atomic E-state index is 0. The first kappa shape index (κ1) is 12.1. The van der Waals surface area contributed by atoms with E-state index >= 15 is 0 Å². The summed E-state index contributed by atoms with van der Waals surface area (Å²) < 4.78 is 0. The van der Waals surface area contributed by atoms with Crippen molar-refractivity contribution in [1.82, 2.24) is 4.90 Å². The van der Waals surface area contributed by atoms with E-state index in [2.05, 4.69) is 18.7 Å². The molecule has 2 aliphatic rings. The molecule has 3 atom stereocenters. The Bertz CT molecular complexity index is 246. The molecular weight excluding hydrogens is 173 g/mol. The average Bonchev–Trinajstić information content (AvgIpc) is 2.54. The van der Waals surface area contributed by atoms with E-state index in [9.17, 15) is 4.79 Å². The van der Waals surface area contributed by atoms with E-state index in [1.165, 1.54) is 0 Å². The fourth-order valence-electron chi connectivity index (χ4n) is 2.60. The summed E-state index contributed by atoms with van der Waals surface area (Å²) in [5.74, 6) is 0.0327.